The van der Waals surface area contributed by atoms with Gasteiger partial charge in [0.05, 0.1) is 5.75 Å². The van der Waals surface area contributed by atoms with Crippen LogP contribution in [0.4, 0.5) is 0 Å². The van der Waals surface area contributed by atoms with Gasteiger partial charge in [0.1, 0.15) is 0 Å². The van der Waals surface area contributed by atoms with Crippen LogP contribution in [0.5, 0.6) is 0 Å². The van der Waals surface area contributed by atoms with Gasteiger partial charge in [0, 0.05) is 6.54 Å². The highest BCUT2D eigenvalue weighted by Gasteiger charge is 2.31. The zero-order chi connectivity index (χ0) is 13.0. The minimum Gasteiger partial charge on any atom is -0.479 e. The highest BCUT2D eigenvalue weighted by Crippen LogP contribution is 2.05. The monoisotopic (exact) mass is 253 g/mol. The molecule has 0 fully saturated rings. The molecule has 0 aromatic rings. The highest BCUT2D eigenvalue weighted by atomic mass is 32.2. The predicted octanol–water partition coefficient (Wildman–Crippen LogP) is -0.212. The summed E-state index contributed by atoms with van der Waals surface area (Å²) in [7, 11) is -3.52. The number of carboxylic acid groups (broad SMARTS) is 1. The van der Waals surface area contributed by atoms with E-state index in [1.165, 1.54) is 0 Å². The number of aliphatic hydroxyl groups is 1. The standard InChI is InChI=1S/C9H19NO5S/c1-7(2)4-5-16(14,15)10-6-9(3,13)8(11)12/h7,10,13H,4-6H2,1-3H3,(H,11,12). The van der Waals surface area contributed by atoms with Crippen molar-refractivity contribution in [2.45, 2.75) is 32.8 Å². The summed E-state index contributed by atoms with van der Waals surface area (Å²) in [5, 5.41) is 17.9. The molecular weight excluding hydrogens is 234 g/mol. The molecule has 0 aliphatic heterocycles. The molecule has 0 amide bonds. The first-order valence-corrected chi connectivity index (χ1v) is 6.65. The van der Waals surface area contributed by atoms with Gasteiger partial charge in [-0.25, -0.2) is 17.9 Å². The molecule has 0 aliphatic rings. The first-order valence-electron chi connectivity index (χ1n) is 5.00. The molecule has 0 aromatic heterocycles. The number of rotatable bonds is 7. The van der Waals surface area contributed by atoms with Crippen LogP contribution in [-0.2, 0) is 14.8 Å². The van der Waals surface area contributed by atoms with Crippen LogP contribution in [0.3, 0.4) is 0 Å². The molecule has 1 atom stereocenters. The van der Waals surface area contributed by atoms with Crippen LogP contribution in [-0.4, -0.2) is 42.5 Å². The van der Waals surface area contributed by atoms with Gasteiger partial charge in [-0.2, -0.15) is 0 Å². The van der Waals surface area contributed by atoms with Crippen LogP contribution in [0, 0.1) is 5.92 Å². The van der Waals surface area contributed by atoms with Gasteiger partial charge < -0.3 is 10.2 Å². The van der Waals surface area contributed by atoms with Crippen LogP contribution >= 0.6 is 0 Å². The van der Waals surface area contributed by atoms with Gasteiger partial charge in [-0.05, 0) is 19.3 Å². The summed E-state index contributed by atoms with van der Waals surface area (Å²) in [6, 6.07) is 0. The molecule has 0 heterocycles. The lowest BCUT2D eigenvalue weighted by Gasteiger charge is -2.18. The van der Waals surface area contributed by atoms with E-state index in [4.69, 9.17) is 5.11 Å². The van der Waals surface area contributed by atoms with Crippen LogP contribution < -0.4 is 4.72 Å². The molecule has 6 nitrogen and oxygen atoms in total. The Morgan fingerprint density at radius 2 is 1.94 bits per heavy atom. The van der Waals surface area contributed by atoms with Crippen LogP contribution in [0.2, 0.25) is 0 Å². The average molecular weight is 253 g/mol. The lowest BCUT2D eigenvalue weighted by Crippen LogP contribution is -2.47. The van der Waals surface area contributed by atoms with Crippen molar-refractivity contribution in [1.82, 2.24) is 4.72 Å². The maximum atomic E-state index is 11.4. The third-order valence-corrected chi connectivity index (χ3v) is 3.42. The van der Waals surface area contributed by atoms with Crippen LogP contribution in [0.15, 0.2) is 0 Å². The van der Waals surface area contributed by atoms with E-state index in [9.17, 15) is 18.3 Å². The Hall–Kier alpha value is -0.660. The molecule has 0 radical (unpaired) electrons. The molecule has 0 aliphatic carbocycles. The maximum absolute atomic E-state index is 11.4. The van der Waals surface area contributed by atoms with Gasteiger partial charge in [-0.15, -0.1) is 0 Å². The predicted molar refractivity (Wildman–Crippen MR) is 59.5 cm³/mol. The molecule has 0 rings (SSSR count). The molecule has 0 aromatic carbocycles. The van der Waals surface area contributed by atoms with Crippen molar-refractivity contribution >= 4 is 16.0 Å². The molecule has 1 unspecified atom stereocenters. The second-order valence-electron chi connectivity index (χ2n) is 4.40. The Morgan fingerprint density at radius 1 is 1.44 bits per heavy atom. The van der Waals surface area contributed by atoms with Crippen molar-refractivity contribution in [3.05, 3.63) is 0 Å². The fraction of sp³-hybridized carbons (Fsp3) is 0.889. The van der Waals surface area contributed by atoms with Gasteiger partial charge in [0.15, 0.2) is 5.60 Å². The number of carboxylic acids is 1. The van der Waals surface area contributed by atoms with Crippen LogP contribution in [0.1, 0.15) is 27.2 Å². The fourth-order valence-corrected chi connectivity index (χ4v) is 2.22. The molecule has 7 heteroatoms. The zero-order valence-electron chi connectivity index (χ0n) is 9.73. The number of aliphatic carboxylic acids is 1. The summed E-state index contributed by atoms with van der Waals surface area (Å²) in [5.74, 6) is -1.28. The Balaban J connectivity index is 4.25. The smallest absolute Gasteiger partial charge is 0.336 e. The zero-order valence-corrected chi connectivity index (χ0v) is 10.5. The fourth-order valence-electron chi connectivity index (χ4n) is 0.789. The van der Waals surface area contributed by atoms with Crippen molar-refractivity contribution in [3.63, 3.8) is 0 Å². The topological polar surface area (TPSA) is 104 Å². The van der Waals surface area contributed by atoms with E-state index in [0.717, 1.165) is 6.92 Å². The second kappa shape index (κ2) is 5.60. The summed E-state index contributed by atoms with van der Waals surface area (Å²) in [4.78, 5) is 10.5. The van der Waals surface area contributed by atoms with E-state index in [-0.39, 0.29) is 11.7 Å². The van der Waals surface area contributed by atoms with E-state index in [1.54, 1.807) is 0 Å². The molecule has 0 bridgehead atoms. The molecule has 0 spiro atoms. The van der Waals surface area contributed by atoms with Crippen molar-refractivity contribution in [2.24, 2.45) is 5.92 Å². The largest absolute Gasteiger partial charge is 0.479 e. The van der Waals surface area contributed by atoms with Crippen molar-refractivity contribution in [3.8, 4) is 0 Å². The number of nitrogens with one attached hydrogen (secondary N) is 1. The van der Waals surface area contributed by atoms with Gasteiger partial charge in [-0.1, -0.05) is 13.8 Å². The Morgan fingerprint density at radius 3 is 2.31 bits per heavy atom. The average Bonchev–Trinajstić information content (AvgIpc) is 2.12. The summed E-state index contributed by atoms with van der Waals surface area (Å²) < 4.78 is 24.9. The third kappa shape index (κ3) is 6.04. The van der Waals surface area contributed by atoms with E-state index in [1.807, 2.05) is 13.8 Å². The number of hydrogen-bond donors (Lipinski definition) is 3. The Labute approximate surface area is 95.7 Å². The molecule has 0 saturated carbocycles. The van der Waals surface area contributed by atoms with Crippen LogP contribution in [0.25, 0.3) is 0 Å². The number of carbonyl (C=O) groups is 1. The van der Waals surface area contributed by atoms with E-state index in [2.05, 4.69) is 4.72 Å². The summed E-state index contributed by atoms with van der Waals surface area (Å²) in [5.41, 5.74) is -2.08. The summed E-state index contributed by atoms with van der Waals surface area (Å²) in [6.45, 7) is 4.30. The quantitative estimate of drug-likeness (QED) is 0.582. The molecular formula is C9H19NO5S. The second-order valence-corrected chi connectivity index (χ2v) is 6.33. The highest BCUT2D eigenvalue weighted by molar-refractivity contribution is 7.89. The van der Waals surface area contributed by atoms with Gasteiger partial charge >= 0.3 is 5.97 Å². The van der Waals surface area contributed by atoms with Crippen molar-refractivity contribution in [2.75, 3.05) is 12.3 Å². The lowest BCUT2D eigenvalue weighted by molar-refractivity contribution is -0.155. The molecule has 96 valence electrons. The molecule has 16 heavy (non-hydrogen) atoms. The molecule has 3 N–H and O–H groups in total. The van der Waals surface area contributed by atoms with E-state index < -0.39 is 28.1 Å². The van der Waals surface area contributed by atoms with Crippen molar-refractivity contribution < 1.29 is 23.4 Å². The maximum Gasteiger partial charge on any atom is 0.336 e. The lowest BCUT2D eigenvalue weighted by atomic mass is 10.1. The minimum atomic E-state index is -3.52. The Kier molecular flexibility index (Phi) is 5.37. The van der Waals surface area contributed by atoms with Gasteiger partial charge in [0.2, 0.25) is 10.0 Å². The minimum absolute atomic E-state index is 0.0691. The Bertz CT molecular complexity index is 334. The number of hydrogen-bond acceptors (Lipinski definition) is 4. The normalized spacial score (nSPS) is 16.1. The van der Waals surface area contributed by atoms with Gasteiger partial charge in [0.25, 0.3) is 0 Å². The first-order chi connectivity index (χ1) is 7.07. The summed E-state index contributed by atoms with van der Waals surface area (Å²) in [6.07, 6.45) is 0.491. The summed E-state index contributed by atoms with van der Waals surface area (Å²) >= 11 is 0. The first kappa shape index (κ1) is 15.3. The SMILES string of the molecule is CC(C)CCS(=O)(=O)NCC(C)(O)C(=O)O. The number of sulfonamides is 1. The van der Waals surface area contributed by atoms with Gasteiger partial charge in [-0.3, -0.25) is 0 Å². The molecule has 0 saturated heterocycles. The third-order valence-electron chi connectivity index (χ3n) is 2.06. The van der Waals surface area contributed by atoms with E-state index >= 15 is 0 Å². The van der Waals surface area contributed by atoms with Crippen molar-refractivity contribution in [1.29, 1.82) is 0 Å². The van der Waals surface area contributed by atoms with E-state index in [0.29, 0.717) is 6.42 Å².